The third kappa shape index (κ3) is 4.34. The summed E-state index contributed by atoms with van der Waals surface area (Å²) in [6.45, 7) is 5.69. The van der Waals surface area contributed by atoms with Gasteiger partial charge >= 0.3 is 0 Å². The fraction of sp³-hybridized carbons (Fsp3) is 0.400. The molecule has 0 saturated carbocycles. The van der Waals surface area contributed by atoms with Crippen LogP contribution < -0.4 is 10.2 Å². The predicted molar refractivity (Wildman–Crippen MR) is 110 cm³/mol. The highest BCUT2D eigenvalue weighted by atomic mass is 32.2. The molecule has 8 heteroatoms. The minimum Gasteiger partial charge on any atom is -0.370 e. The lowest BCUT2D eigenvalue weighted by Gasteiger charge is -2.21. The molecule has 1 N–H and O–H groups in total. The van der Waals surface area contributed by atoms with Gasteiger partial charge in [-0.1, -0.05) is 0 Å². The number of benzene rings is 1. The minimum atomic E-state index is -3.57. The van der Waals surface area contributed by atoms with E-state index >= 15 is 0 Å². The molecule has 0 atom stereocenters. The lowest BCUT2D eigenvalue weighted by Crippen LogP contribution is -2.33. The van der Waals surface area contributed by atoms with Crippen molar-refractivity contribution in [1.29, 1.82) is 0 Å². The van der Waals surface area contributed by atoms with E-state index in [0.717, 1.165) is 18.8 Å². The van der Waals surface area contributed by atoms with E-state index in [0.29, 0.717) is 11.4 Å². The molecule has 150 valence electrons. The smallest absolute Gasteiger partial charge is 0.256 e. The number of sulfonamides is 1. The fourth-order valence-electron chi connectivity index (χ4n) is 3.03. The number of aromatic nitrogens is 1. The first-order valence-corrected chi connectivity index (χ1v) is 10.8. The van der Waals surface area contributed by atoms with E-state index in [1.165, 1.54) is 48.5 Å². The van der Waals surface area contributed by atoms with Gasteiger partial charge in [0.25, 0.3) is 5.91 Å². The maximum absolute atomic E-state index is 12.5. The van der Waals surface area contributed by atoms with Crippen molar-refractivity contribution < 1.29 is 13.2 Å². The van der Waals surface area contributed by atoms with Gasteiger partial charge in [-0.05, 0) is 63.1 Å². The van der Waals surface area contributed by atoms with E-state index in [1.807, 2.05) is 6.07 Å². The van der Waals surface area contributed by atoms with Crippen molar-refractivity contribution in [3.8, 4) is 0 Å². The number of carbonyl (C=O) groups is 1. The average molecular weight is 403 g/mol. The van der Waals surface area contributed by atoms with Gasteiger partial charge in [0, 0.05) is 31.7 Å². The summed E-state index contributed by atoms with van der Waals surface area (Å²) in [5.41, 5.74) is 1.43. The lowest BCUT2D eigenvalue weighted by molar-refractivity contribution is 0.102. The van der Waals surface area contributed by atoms with Gasteiger partial charge < -0.3 is 10.2 Å². The molecule has 0 aliphatic carbocycles. The number of hydrogen-bond donors (Lipinski definition) is 1. The van der Waals surface area contributed by atoms with E-state index in [4.69, 9.17) is 0 Å². The quantitative estimate of drug-likeness (QED) is 0.803. The number of nitrogens with one attached hydrogen (secondary N) is 1. The van der Waals surface area contributed by atoms with Gasteiger partial charge in [0.05, 0.1) is 16.8 Å². The van der Waals surface area contributed by atoms with E-state index in [1.54, 1.807) is 26.1 Å². The van der Waals surface area contributed by atoms with Crippen molar-refractivity contribution in [2.24, 2.45) is 0 Å². The highest BCUT2D eigenvalue weighted by molar-refractivity contribution is 7.89. The van der Waals surface area contributed by atoms with Crippen molar-refractivity contribution in [3.63, 3.8) is 0 Å². The van der Waals surface area contributed by atoms with Gasteiger partial charge in [0.2, 0.25) is 10.0 Å². The third-order valence-corrected chi connectivity index (χ3v) is 7.03. The number of anilines is 2. The van der Waals surface area contributed by atoms with Crippen molar-refractivity contribution in [3.05, 3.63) is 48.2 Å². The van der Waals surface area contributed by atoms with E-state index in [-0.39, 0.29) is 16.8 Å². The topological polar surface area (TPSA) is 82.6 Å². The lowest BCUT2D eigenvalue weighted by atomic mass is 10.2. The fourth-order valence-corrected chi connectivity index (χ4v) is 4.40. The van der Waals surface area contributed by atoms with E-state index in [2.05, 4.69) is 15.2 Å². The third-order valence-electron chi connectivity index (χ3n) is 4.98. The Bertz CT molecular complexity index is 919. The SMILES string of the molecule is CC(C)N(C)S(=O)(=O)c1ccc(C(=O)Nc2ccc(N3CCCC3)cn2)cc1. The molecule has 2 heterocycles. The van der Waals surface area contributed by atoms with Crippen molar-refractivity contribution in [1.82, 2.24) is 9.29 Å². The number of rotatable bonds is 6. The predicted octanol–water partition coefficient (Wildman–Crippen LogP) is 2.96. The number of carbonyl (C=O) groups excluding carboxylic acids is 1. The molecule has 28 heavy (non-hydrogen) atoms. The van der Waals surface area contributed by atoms with Gasteiger partial charge in [0.1, 0.15) is 5.82 Å². The Morgan fingerprint density at radius 2 is 1.75 bits per heavy atom. The molecule has 0 bridgehead atoms. The van der Waals surface area contributed by atoms with Gasteiger partial charge in [0.15, 0.2) is 0 Å². The summed E-state index contributed by atoms with van der Waals surface area (Å²) >= 11 is 0. The number of amides is 1. The van der Waals surface area contributed by atoms with Crippen LogP contribution in [0.15, 0.2) is 47.5 Å². The Morgan fingerprint density at radius 3 is 2.29 bits per heavy atom. The molecule has 1 aliphatic heterocycles. The zero-order chi connectivity index (χ0) is 20.3. The zero-order valence-corrected chi connectivity index (χ0v) is 17.2. The van der Waals surface area contributed by atoms with Crippen molar-refractivity contribution in [2.75, 3.05) is 30.4 Å². The monoisotopic (exact) mass is 402 g/mol. The van der Waals surface area contributed by atoms with Crippen molar-refractivity contribution in [2.45, 2.75) is 37.6 Å². The maximum atomic E-state index is 12.5. The molecule has 0 unspecified atom stereocenters. The van der Waals surface area contributed by atoms with E-state index in [9.17, 15) is 13.2 Å². The van der Waals surface area contributed by atoms with Gasteiger partial charge in [-0.2, -0.15) is 4.31 Å². The second-order valence-electron chi connectivity index (χ2n) is 7.19. The second kappa shape index (κ2) is 8.28. The highest BCUT2D eigenvalue weighted by Gasteiger charge is 2.23. The molecule has 1 fully saturated rings. The second-order valence-corrected chi connectivity index (χ2v) is 9.19. The van der Waals surface area contributed by atoms with Crippen LogP contribution in [-0.4, -0.2) is 49.8 Å². The first-order chi connectivity index (χ1) is 13.3. The van der Waals surface area contributed by atoms with Crippen LogP contribution in [0.4, 0.5) is 11.5 Å². The first-order valence-electron chi connectivity index (χ1n) is 9.39. The summed E-state index contributed by atoms with van der Waals surface area (Å²) in [5, 5.41) is 2.75. The minimum absolute atomic E-state index is 0.150. The molecule has 1 aromatic carbocycles. The largest absolute Gasteiger partial charge is 0.370 e. The molecule has 1 amide bonds. The molecule has 1 saturated heterocycles. The van der Waals surface area contributed by atoms with Crippen LogP contribution in [0.3, 0.4) is 0 Å². The van der Waals surface area contributed by atoms with Gasteiger partial charge in [-0.25, -0.2) is 13.4 Å². The van der Waals surface area contributed by atoms with Crippen LogP contribution in [0, 0.1) is 0 Å². The van der Waals surface area contributed by atoms with Crippen LogP contribution in [-0.2, 0) is 10.0 Å². The molecule has 2 aromatic rings. The summed E-state index contributed by atoms with van der Waals surface area (Å²) in [6.07, 6.45) is 4.15. The number of hydrogen-bond acceptors (Lipinski definition) is 5. The number of pyridine rings is 1. The highest BCUT2D eigenvalue weighted by Crippen LogP contribution is 2.21. The van der Waals surface area contributed by atoms with E-state index < -0.39 is 10.0 Å². The molecule has 3 rings (SSSR count). The average Bonchev–Trinajstić information content (AvgIpc) is 3.22. The Balaban J connectivity index is 1.68. The molecule has 0 spiro atoms. The molecular weight excluding hydrogens is 376 g/mol. The van der Waals surface area contributed by atoms with Crippen LogP contribution >= 0.6 is 0 Å². The van der Waals surface area contributed by atoms with Gasteiger partial charge in [-0.3, -0.25) is 4.79 Å². The Kier molecular flexibility index (Phi) is 6.00. The molecule has 0 radical (unpaired) electrons. The Morgan fingerprint density at radius 1 is 1.11 bits per heavy atom. The maximum Gasteiger partial charge on any atom is 0.256 e. The molecular formula is C20H26N4O3S. The van der Waals surface area contributed by atoms with Crippen LogP contribution in [0.1, 0.15) is 37.0 Å². The summed E-state index contributed by atoms with van der Waals surface area (Å²) in [7, 11) is -2.03. The van der Waals surface area contributed by atoms with Crippen LogP contribution in [0.5, 0.6) is 0 Å². The van der Waals surface area contributed by atoms with Crippen LogP contribution in [0.2, 0.25) is 0 Å². The Hall–Kier alpha value is -2.45. The van der Waals surface area contributed by atoms with Crippen LogP contribution in [0.25, 0.3) is 0 Å². The van der Waals surface area contributed by atoms with Crippen molar-refractivity contribution >= 4 is 27.4 Å². The number of nitrogens with zero attached hydrogens (tertiary/aromatic N) is 3. The Labute approximate surface area is 166 Å². The molecule has 7 nitrogen and oxygen atoms in total. The first kappa shape index (κ1) is 20.3. The summed E-state index contributed by atoms with van der Waals surface area (Å²) in [6, 6.07) is 9.50. The summed E-state index contributed by atoms with van der Waals surface area (Å²) in [4.78, 5) is 19.2. The summed E-state index contributed by atoms with van der Waals surface area (Å²) < 4.78 is 26.3. The normalized spacial score (nSPS) is 14.7. The summed E-state index contributed by atoms with van der Waals surface area (Å²) in [5.74, 6) is 0.131. The standard InChI is InChI=1S/C20H26N4O3S/c1-15(2)23(3)28(26,27)18-9-6-16(7-10-18)20(25)22-19-11-8-17(14-21-19)24-12-4-5-13-24/h6-11,14-15H,4-5,12-13H2,1-3H3,(H,21,22,25). The molecule has 1 aliphatic rings. The molecule has 1 aromatic heterocycles. The zero-order valence-electron chi connectivity index (χ0n) is 16.4. The van der Waals surface area contributed by atoms with Gasteiger partial charge in [-0.15, -0.1) is 0 Å².